The van der Waals surface area contributed by atoms with Crippen LogP contribution in [-0.2, 0) is 14.2 Å². The number of rotatable bonds is 2. The molecule has 1 aromatic rings. The highest BCUT2D eigenvalue weighted by molar-refractivity contribution is 6.42. The van der Waals surface area contributed by atoms with Crippen molar-refractivity contribution in [3.8, 4) is 0 Å². The van der Waals surface area contributed by atoms with Crippen LogP contribution in [0.4, 0.5) is 0 Å². The average molecular weight is 291 g/mol. The highest BCUT2D eigenvalue weighted by Gasteiger charge is 2.50. The molecule has 1 aliphatic rings. The fraction of sp³-hybridized carbons (Fsp3) is 0.273. The van der Waals surface area contributed by atoms with Gasteiger partial charge in [-0.1, -0.05) is 23.2 Å². The molecule has 0 atom stereocenters. The second kappa shape index (κ2) is 4.51. The van der Waals surface area contributed by atoms with Gasteiger partial charge in [-0.15, -0.1) is 0 Å². The zero-order chi connectivity index (χ0) is 13.5. The van der Waals surface area contributed by atoms with Crippen molar-refractivity contribution in [3.05, 3.63) is 33.3 Å². The van der Waals surface area contributed by atoms with E-state index in [2.05, 4.69) is 0 Å². The van der Waals surface area contributed by atoms with Crippen molar-refractivity contribution < 1.29 is 23.8 Å². The van der Waals surface area contributed by atoms with E-state index in [1.165, 1.54) is 26.4 Å². The monoisotopic (exact) mass is 290 g/mol. The minimum absolute atomic E-state index is 0.0270. The Labute approximate surface area is 113 Å². The number of cyclic esters (lactones) is 1. The van der Waals surface area contributed by atoms with Crippen molar-refractivity contribution in [1.29, 1.82) is 0 Å². The molecular weight excluding hydrogens is 283 g/mol. The first-order chi connectivity index (χ1) is 8.45. The highest BCUT2D eigenvalue weighted by Crippen LogP contribution is 2.34. The van der Waals surface area contributed by atoms with E-state index in [0.717, 1.165) is 0 Å². The normalized spacial score (nSPS) is 17.3. The fourth-order valence-corrected chi connectivity index (χ4v) is 1.97. The third kappa shape index (κ3) is 1.80. The summed E-state index contributed by atoms with van der Waals surface area (Å²) in [6, 6.07) is 2.56. The van der Waals surface area contributed by atoms with Gasteiger partial charge in [0.05, 0.1) is 15.6 Å². The molecule has 0 spiro atoms. The molecular formula is C11H8Cl2O5. The van der Waals surface area contributed by atoms with Gasteiger partial charge < -0.3 is 14.2 Å². The van der Waals surface area contributed by atoms with Gasteiger partial charge in [-0.3, -0.25) is 4.79 Å². The van der Waals surface area contributed by atoms with Crippen LogP contribution in [-0.4, -0.2) is 31.9 Å². The van der Waals surface area contributed by atoms with Gasteiger partial charge in [0.2, 0.25) is 0 Å². The van der Waals surface area contributed by atoms with Gasteiger partial charge >= 0.3 is 11.9 Å². The number of methoxy groups -OCH3 is 2. The van der Waals surface area contributed by atoms with Crippen LogP contribution >= 0.6 is 23.2 Å². The molecule has 5 nitrogen and oxygen atoms in total. The molecule has 0 amide bonds. The van der Waals surface area contributed by atoms with Crippen molar-refractivity contribution in [2.75, 3.05) is 14.2 Å². The Morgan fingerprint density at radius 2 is 1.56 bits per heavy atom. The number of Topliss-reactive ketones (excluding diaryl/α,β-unsaturated/α-hetero) is 1. The summed E-state index contributed by atoms with van der Waals surface area (Å²) in [5.41, 5.74) is 0.0727. The van der Waals surface area contributed by atoms with E-state index in [0.29, 0.717) is 0 Å². The molecule has 0 radical (unpaired) electrons. The summed E-state index contributed by atoms with van der Waals surface area (Å²) in [7, 11) is 2.38. The molecule has 0 fully saturated rings. The second-order valence-corrected chi connectivity index (χ2v) is 4.31. The third-order valence-electron chi connectivity index (χ3n) is 2.57. The smallest absolute Gasteiger partial charge is 0.397 e. The topological polar surface area (TPSA) is 61.8 Å². The van der Waals surface area contributed by atoms with Gasteiger partial charge in [0, 0.05) is 19.8 Å². The second-order valence-electron chi connectivity index (χ2n) is 3.49. The summed E-state index contributed by atoms with van der Waals surface area (Å²) in [5, 5.41) is 0.307. The fourth-order valence-electron chi connectivity index (χ4n) is 1.64. The SMILES string of the molecule is COC1(OC)OC(=O)c2cc(Cl)c(Cl)cc2C1=O. The minimum atomic E-state index is -2.07. The van der Waals surface area contributed by atoms with Crippen molar-refractivity contribution in [1.82, 2.24) is 0 Å². The van der Waals surface area contributed by atoms with E-state index >= 15 is 0 Å². The van der Waals surface area contributed by atoms with E-state index in [1.807, 2.05) is 0 Å². The summed E-state index contributed by atoms with van der Waals surface area (Å²) in [5.74, 6) is -3.49. The van der Waals surface area contributed by atoms with E-state index in [4.69, 9.17) is 37.4 Å². The summed E-state index contributed by atoms with van der Waals surface area (Å²) < 4.78 is 14.6. The number of hydrogen-bond donors (Lipinski definition) is 0. The Kier molecular flexibility index (Phi) is 3.33. The number of hydrogen-bond acceptors (Lipinski definition) is 5. The van der Waals surface area contributed by atoms with Crippen molar-refractivity contribution >= 4 is 35.0 Å². The lowest BCUT2D eigenvalue weighted by molar-refractivity contribution is -0.297. The quantitative estimate of drug-likeness (QED) is 0.618. The maximum atomic E-state index is 12.2. The number of halogens is 2. The highest BCUT2D eigenvalue weighted by atomic mass is 35.5. The predicted molar refractivity (Wildman–Crippen MR) is 63.0 cm³/mol. The van der Waals surface area contributed by atoms with E-state index in [9.17, 15) is 9.59 Å². The van der Waals surface area contributed by atoms with E-state index in [1.54, 1.807) is 0 Å². The molecule has 1 aliphatic heterocycles. The first-order valence-corrected chi connectivity index (χ1v) is 5.58. The number of fused-ring (bicyclic) bond motifs is 1. The van der Waals surface area contributed by atoms with Gasteiger partial charge in [-0.05, 0) is 12.1 Å². The molecule has 0 saturated heterocycles. The molecule has 1 aromatic carbocycles. The summed E-state index contributed by atoms with van der Waals surface area (Å²) >= 11 is 11.6. The molecule has 0 saturated carbocycles. The Balaban J connectivity index is 2.64. The first-order valence-electron chi connectivity index (χ1n) is 4.82. The van der Waals surface area contributed by atoms with Crippen molar-refractivity contribution in [3.63, 3.8) is 0 Å². The molecule has 0 bridgehead atoms. The maximum absolute atomic E-state index is 12.2. The summed E-state index contributed by atoms with van der Waals surface area (Å²) in [6.07, 6.45) is 0. The lowest BCUT2D eigenvalue weighted by Gasteiger charge is -2.32. The van der Waals surface area contributed by atoms with E-state index in [-0.39, 0.29) is 21.2 Å². The van der Waals surface area contributed by atoms with Crippen LogP contribution < -0.4 is 0 Å². The number of carbonyl (C=O) groups excluding carboxylic acids is 2. The lowest BCUT2D eigenvalue weighted by Crippen LogP contribution is -2.50. The standard InChI is InChI=1S/C11H8Cl2O5/c1-16-11(17-2)9(14)5-3-7(12)8(13)4-6(5)10(15)18-11/h3-4H,1-2H3. The average Bonchev–Trinajstić information content (AvgIpc) is 2.36. The predicted octanol–water partition coefficient (Wildman–Crippen LogP) is 2.29. The molecule has 0 N–H and O–H groups in total. The van der Waals surface area contributed by atoms with Crippen molar-refractivity contribution in [2.24, 2.45) is 0 Å². The summed E-state index contributed by atoms with van der Waals surface area (Å²) in [6.45, 7) is 0. The molecule has 0 aliphatic carbocycles. The zero-order valence-electron chi connectivity index (χ0n) is 9.45. The lowest BCUT2D eigenvalue weighted by atomic mass is 9.99. The molecule has 0 aromatic heterocycles. The number of benzene rings is 1. The van der Waals surface area contributed by atoms with Gasteiger partial charge in [-0.25, -0.2) is 4.79 Å². The Hall–Kier alpha value is -1.14. The maximum Gasteiger partial charge on any atom is 0.397 e. The number of ketones is 1. The van der Waals surface area contributed by atoms with E-state index < -0.39 is 17.7 Å². The number of ether oxygens (including phenoxy) is 3. The van der Waals surface area contributed by atoms with Gasteiger partial charge in [0.25, 0.3) is 5.78 Å². The van der Waals surface area contributed by atoms with Crippen molar-refractivity contribution in [2.45, 2.75) is 5.97 Å². The van der Waals surface area contributed by atoms with Crippen LogP contribution in [0.2, 0.25) is 10.0 Å². The van der Waals surface area contributed by atoms with Gasteiger partial charge in [-0.2, -0.15) is 0 Å². The Morgan fingerprint density at radius 3 is 2.06 bits per heavy atom. The first kappa shape index (κ1) is 13.3. The van der Waals surface area contributed by atoms with Gasteiger partial charge in [0.15, 0.2) is 0 Å². The number of esters is 1. The third-order valence-corrected chi connectivity index (χ3v) is 3.29. The Morgan fingerprint density at radius 1 is 1.06 bits per heavy atom. The molecule has 7 heteroatoms. The van der Waals surface area contributed by atoms with Crippen LogP contribution in [0.1, 0.15) is 20.7 Å². The molecule has 18 heavy (non-hydrogen) atoms. The molecule has 1 heterocycles. The molecule has 2 rings (SSSR count). The molecule has 0 unspecified atom stereocenters. The van der Waals surface area contributed by atoms with Crippen LogP contribution in [0, 0.1) is 0 Å². The molecule has 96 valence electrons. The van der Waals surface area contributed by atoms with Crippen LogP contribution in [0.5, 0.6) is 0 Å². The largest absolute Gasteiger partial charge is 0.397 e. The number of carbonyl (C=O) groups is 2. The summed E-state index contributed by atoms with van der Waals surface area (Å²) in [4.78, 5) is 24.0. The zero-order valence-corrected chi connectivity index (χ0v) is 11.0. The van der Waals surface area contributed by atoms with Crippen LogP contribution in [0.25, 0.3) is 0 Å². The minimum Gasteiger partial charge on any atom is -0.397 e. The Bertz CT molecular complexity index is 536. The van der Waals surface area contributed by atoms with Crippen LogP contribution in [0.15, 0.2) is 12.1 Å². The van der Waals surface area contributed by atoms with Crippen LogP contribution in [0.3, 0.4) is 0 Å². The van der Waals surface area contributed by atoms with Gasteiger partial charge in [0.1, 0.15) is 0 Å².